The molecule has 0 unspecified atom stereocenters. The summed E-state index contributed by atoms with van der Waals surface area (Å²) in [7, 11) is 0. The highest BCUT2D eigenvalue weighted by atomic mass is 16.3. The van der Waals surface area contributed by atoms with E-state index in [1.165, 1.54) is 10.8 Å². The summed E-state index contributed by atoms with van der Waals surface area (Å²) in [6, 6.07) is 64.1. The molecule has 55 heavy (non-hydrogen) atoms. The van der Waals surface area contributed by atoms with Crippen LogP contribution in [0.1, 0.15) is 0 Å². The predicted octanol–water partition coefficient (Wildman–Crippen LogP) is 13.1. The van der Waals surface area contributed by atoms with Crippen molar-refractivity contribution in [3.8, 4) is 34.0 Å². The van der Waals surface area contributed by atoms with Gasteiger partial charge in [0.2, 0.25) is 0 Å². The molecule has 0 aliphatic heterocycles. The maximum atomic E-state index is 6.69. The molecule has 0 radical (unpaired) electrons. The Balaban J connectivity index is 1.15. The highest BCUT2D eigenvalue weighted by molar-refractivity contribution is 6.26. The number of hydrogen-bond acceptors (Lipinski definition) is 3. The Morgan fingerprint density at radius 3 is 1.93 bits per heavy atom. The molecule has 0 spiro atoms. The molecule has 5 nitrogen and oxygen atoms in total. The molecule has 0 N–H and O–H groups in total. The van der Waals surface area contributed by atoms with E-state index in [1.807, 2.05) is 24.3 Å². The molecule has 0 saturated carbocycles. The van der Waals surface area contributed by atoms with Crippen LogP contribution in [0.2, 0.25) is 0 Å². The average Bonchev–Trinajstić information content (AvgIpc) is 3.90. The van der Waals surface area contributed by atoms with E-state index in [9.17, 15) is 0 Å². The summed E-state index contributed by atoms with van der Waals surface area (Å²) < 4.78 is 11.4. The van der Waals surface area contributed by atoms with Crippen molar-refractivity contribution < 1.29 is 4.42 Å². The van der Waals surface area contributed by atoms with Crippen LogP contribution < -0.4 is 0 Å². The summed E-state index contributed by atoms with van der Waals surface area (Å²) in [6.45, 7) is 0. The minimum Gasteiger partial charge on any atom is -0.455 e. The van der Waals surface area contributed by atoms with E-state index in [4.69, 9.17) is 14.4 Å². The van der Waals surface area contributed by atoms with Gasteiger partial charge in [-0.3, -0.25) is 0 Å². The maximum Gasteiger partial charge on any atom is 0.160 e. The summed E-state index contributed by atoms with van der Waals surface area (Å²) in [6.07, 6.45) is 0. The largest absolute Gasteiger partial charge is 0.455 e. The molecule has 0 aliphatic rings. The molecule has 0 amide bonds. The molecule has 256 valence electrons. The molecule has 0 saturated heterocycles. The second kappa shape index (κ2) is 11.5. The third-order valence-electron chi connectivity index (χ3n) is 11.1. The topological polar surface area (TPSA) is 48.8 Å². The molecule has 4 aromatic heterocycles. The highest BCUT2D eigenvalue weighted by Gasteiger charge is 2.22. The van der Waals surface area contributed by atoms with Crippen molar-refractivity contribution in [3.05, 3.63) is 182 Å². The van der Waals surface area contributed by atoms with Crippen molar-refractivity contribution >= 4 is 76.5 Å². The Kier molecular flexibility index (Phi) is 6.27. The van der Waals surface area contributed by atoms with Crippen molar-refractivity contribution in [1.29, 1.82) is 0 Å². The minimum absolute atomic E-state index is 0.696. The first-order chi connectivity index (χ1) is 27.3. The number of furan rings is 1. The van der Waals surface area contributed by atoms with Crippen molar-refractivity contribution in [2.75, 3.05) is 0 Å². The number of para-hydroxylation sites is 4. The van der Waals surface area contributed by atoms with E-state index in [-0.39, 0.29) is 0 Å². The van der Waals surface area contributed by atoms with Crippen LogP contribution in [0, 0.1) is 0 Å². The molecule has 0 bridgehead atoms. The fraction of sp³-hybridized carbons (Fsp3) is 0. The quantitative estimate of drug-likeness (QED) is 0.183. The molecule has 12 aromatic rings. The van der Waals surface area contributed by atoms with Gasteiger partial charge in [0.15, 0.2) is 5.82 Å². The fourth-order valence-corrected chi connectivity index (χ4v) is 8.68. The summed E-state index contributed by atoms with van der Waals surface area (Å²) >= 11 is 0. The van der Waals surface area contributed by atoms with Crippen molar-refractivity contribution in [3.63, 3.8) is 0 Å². The van der Waals surface area contributed by atoms with Crippen LogP contribution in [0.3, 0.4) is 0 Å². The van der Waals surface area contributed by atoms with Crippen LogP contribution >= 0.6 is 0 Å². The van der Waals surface area contributed by atoms with Crippen molar-refractivity contribution in [2.45, 2.75) is 0 Å². The number of nitrogens with zero attached hydrogens (tertiary/aromatic N) is 4. The van der Waals surface area contributed by atoms with E-state index in [1.54, 1.807) is 0 Å². The lowest BCUT2D eigenvalue weighted by molar-refractivity contribution is 0.673. The van der Waals surface area contributed by atoms with Crippen LogP contribution in [0.4, 0.5) is 0 Å². The first-order valence-corrected chi connectivity index (χ1v) is 18.6. The molecule has 5 heteroatoms. The Morgan fingerprint density at radius 2 is 1.05 bits per heavy atom. The van der Waals surface area contributed by atoms with E-state index < -0.39 is 0 Å². The number of aromatic nitrogens is 4. The van der Waals surface area contributed by atoms with Gasteiger partial charge >= 0.3 is 0 Å². The van der Waals surface area contributed by atoms with Crippen LogP contribution in [-0.4, -0.2) is 19.1 Å². The monoisotopic (exact) mass is 702 g/mol. The van der Waals surface area contributed by atoms with Gasteiger partial charge in [0.05, 0.1) is 38.7 Å². The molecular weight excluding hydrogens is 673 g/mol. The summed E-state index contributed by atoms with van der Waals surface area (Å²) in [4.78, 5) is 10.3. The highest BCUT2D eigenvalue weighted by Crippen LogP contribution is 2.44. The molecule has 12 rings (SSSR count). The zero-order valence-electron chi connectivity index (χ0n) is 29.5. The second-order valence-electron chi connectivity index (χ2n) is 14.2. The lowest BCUT2D eigenvalue weighted by Gasteiger charge is -2.12. The molecule has 0 atom stereocenters. The van der Waals surface area contributed by atoms with Gasteiger partial charge < -0.3 is 13.6 Å². The Hall–Kier alpha value is -7.50. The maximum absolute atomic E-state index is 6.69. The summed E-state index contributed by atoms with van der Waals surface area (Å²) in [5.41, 5.74) is 12.3. The zero-order valence-corrected chi connectivity index (χ0v) is 29.5. The van der Waals surface area contributed by atoms with E-state index in [0.717, 1.165) is 93.9 Å². The van der Waals surface area contributed by atoms with Gasteiger partial charge in [-0.25, -0.2) is 9.97 Å². The van der Waals surface area contributed by atoms with E-state index in [2.05, 4.69) is 167 Å². The molecule has 8 aromatic carbocycles. The van der Waals surface area contributed by atoms with Gasteiger partial charge in [0.1, 0.15) is 11.2 Å². The molecule has 4 heterocycles. The Bertz CT molecular complexity index is 3480. The third-order valence-corrected chi connectivity index (χ3v) is 11.1. The lowest BCUT2D eigenvalue weighted by atomic mass is 10.1. The number of benzene rings is 8. The van der Waals surface area contributed by atoms with Gasteiger partial charge in [-0.2, -0.15) is 0 Å². The van der Waals surface area contributed by atoms with Gasteiger partial charge in [-0.05, 0) is 66.7 Å². The van der Waals surface area contributed by atoms with Gasteiger partial charge in [-0.1, -0.05) is 115 Å². The van der Waals surface area contributed by atoms with Crippen LogP contribution in [0.5, 0.6) is 0 Å². The Morgan fingerprint density at radius 1 is 0.382 bits per heavy atom. The average molecular weight is 703 g/mol. The van der Waals surface area contributed by atoms with E-state index in [0.29, 0.717) is 5.82 Å². The first kappa shape index (κ1) is 30.0. The van der Waals surface area contributed by atoms with Gasteiger partial charge in [0.25, 0.3) is 0 Å². The second-order valence-corrected chi connectivity index (χ2v) is 14.2. The molecular formula is C50H30N4O. The standard InChI is InChI=1S/C50H30N4O/c1-3-14-31(15-4-1)48-38-22-7-10-23-41(38)51-50(52-48)32-16-13-19-34(28-32)54-42-24-11-8-20-35(42)39-29-40-45(30-44(39)54)53(33-17-5-2-6-18-33)43-27-26-37-36-21-9-12-25-46(36)55-49(37)47(40)43/h1-30H. The van der Waals surface area contributed by atoms with Gasteiger partial charge in [0, 0.05) is 54.8 Å². The lowest BCUT2D eigenvalue weighted by Crippen LogP contribution is -1.98. The smallest absolute Gasteiger partial charge is 0.160 e. The number of hydrogen-bond donors (Lipinski definition) is 0. The van der Waals surface area contributed by atoms with Crippen LogP contribution in [-0.2, 0) is 0 Å². The van der Waals surface area contributed by atoms with Gasteiger partial charge in [-0.15, -0.1) is 0 Å². The number of rotatable bonds is 4. The molecule has 0 aliphatic carbocycles. The van der Waals surface area contributed by atoms with Crippen molar-refractivity contribution in [1.82, 2.24) is 19.1 Å². The Labute approximate surface area is 315 Å². The summed E-state index contributed by atoms with van der Waals surface area (Å²) in [5.74, 6) is 0.696. The van der Waals surface area contributed by atoms with E-state index >= 15 is 0 Å². The van der Waals surface area contributed by atoms with Crippen molar-refractivity contribution in [2.24, 2.45) is 0 Å². The first-order valence-electron chi connectivity index (χ1n) is 18.6. The fourth-order valence-electron chi connectivity index (χ4n) is 8.68. The molecule has 0 fully saturated rings. The van der Waals surface area contributed by atoms with Crippen LogP contribution in [0.15, 0.2) is 186 Å². The number of fused-ring (bicyclic) bond motifs is 11. The zero-order chi connectivity index (χ0) is 36.0. The predicted molar refractivity (Wildman–Crippen MR) is 226 cm³/mol. The minimum atomic E-state index is 0.696. The van der Waals surface area contributed by atoms with Crippen LogP contribution in [0.25, 0.3) is 110 Å². The summed E-state index contributed by atoms with van der Waals surface area (Å²) in [5, 5.41) is 7.94. The SMILES string of the molecule is c1ccc(-c2nc(-c3cccc(-n4c5ccccc5c5cc6c7c8oc9ccccc9c8ccc7n(-c7ccccc7)c6cc54)c3)nc3ccccc23)cc1. The normalized spacial score (nSPS) is 12.0. The third kappa shape index (κ3) is 4.41.